The van der Waals surface area contributed by atoms with E-state index in [4.69, 9.17) is 9.84 Å². The third-order valence-corrected chi connectivity index (χ3v) is 7.37. The predicted octanol–water partition coefficient (Wildman–Crippen LogP) is 7.30. The van der Waals surface area contributed by atoms with E-state index in [0.29, 0.717) is 17.2 Å². The Morgan fingerprint density at radius 2 is 1.58 bits per heavy atom. The molecule has 9 nitrogen and oxygen atoms in total. The maximum absolute atomic E-state index is 13.7. The molecule has 1 aromatic heterocycles. The van der Waals surface area contributed by atoms with E-state index in [-0.39, 0.29) is 17.6 Å². The van der Waals surface area contributed by atoms with Gasteiger partial charge in [0, 0.05) is 22.4 Å². The molecule has 0 bridgehead atoms. The van der Waals surface area contributed by atoms with Gasteiger partial charge in [-0.25, -0.2) is 19.2 Å². The number of urea groups is 1. The molecule has 43 heavy (non-hydrogen) atoms. The van der Waals surface area contributed by atoms with Crippen LogP contribution in [0.1, 0.15) is 48.4 Å². The van der Waals surface area contributed by atoms with Crippen LogP contribution in [0.4, 0.5) is 21.1 Å². The van der Waals surface area contributed by atoms with E-state index in [9.17, 15) is 14.4 Å². The predicted molar refractivity (Wildman–Crippen MR) is 166 cm³/mol. The first kappa shape index (κ1) is 27.7. The minimum absolute atomic E-state index is 0.0856. The zero-order valence-electron chi connectivity index (χ0n) is 24.1. The highest BCUT2D eigenvalue weighted by Gasteiger charge is 2.39. The van der Waals surface area contributed by atoms with Gasteiger partial charge >= 0.3 is 12.1 Å². The number of fused-ring (bicyclic) bond motifs is 1. The Labute approximate surface area is 249 Å². The molecule has 1 aliphatic rings. The number of imide groups is 1. The van der Waals surface area contributed by atoms with Crippen LogP contribution in [0, 0.1) is 0 Å². The number of amides is 4. The number of hydrogen-bond donors (Lipinski definition) is 2. The molecular formula is C34H31N5O4. The van der Waals surface area contributed by atoms with E-state index in [1.54, 1.807) is 28.9 Å². The van der Waals surface area contributed by atoms with Crippen LogP contribution in [0.5, 0.6) is 0 Å². The summed E-state index contributed by atoms with van der Waals surface area (Å²) in [5.74, 6) is -0.0559. The van der Waals surface area contributed by atoms with Crippen molar-refractivity contribution in [1.82, 2.24) is 14.7 Å². The van der Waals surface area contributed by atoms with Gasteiger partial charge in [0.2, 0.25) is 0 Å². The molecule has 0 saturated carbocycles. The van der Waals surface area contributed by atoms with E-state index in [0.717, 1.165) is 26.9 Å². The van der Waals surface area contributed by atoms with Crippen LogP contribution >= 0.6 is 0 Å². The summed E-state index contributed by atoms with van der Waals surface area (Å²) in [6, 6.07) is 30.5. The number of carbonyl (C=O) groups excluding carboxylic acids is 3. The minimum atomic E-state index is -0.689. The number of cyclic esters (lactones) is 1. The molecule has 216 valence electrons. The Morgan fingerprint density at radius 3 is 2.37 bits per heavy atom. The maximum atomic E-state index is 13.7. The molecule has 4 aromatic carbocycles. The molecule has 0 radical (unpaired) electrons. The van der Waals surface area contributed by atoms with Crippen LogP contribution < -0.4 is 10.6 Å². The Bertz CT molecular complexity index is 1840. The molecule has 9 heteroatoms. The zero-order chi connectivity index (χ0) is 30.1. The van der Waals surface area contributed by atoms with Gasteiger partial charge in [0.1, 0.15) is 18.5 Å². The monoisotopic (exact) mass is 573 g/mol. The fourth-order valence-electron chi connectivity index (χ4n) is 5.11. The molecule has 2 N–H and O–H groups in total. The van der Waals surface area contributed by atoms with E-state index >= 15 is 0 Å². The van der Waals surface area contributed by atoms with E-state index in [1.165, 1.54) is 0 Å². The molecular weight excluding hydrogens is 542 g/mol. The summed E-state index contributed by atoms with van der Waals surface area (Å²) >= 11 is 0. The highest BCUT2D eigenvalue weighted by atomic mass is 16.6. The van der Waals surface area contributed by atoms with Crippen LogP contribution in [-0.2, 0) is 10.2 Å². The van der Waals surface area contributed by atoms with Gasteiger partial charge in [0.25, 0.3) is 5.91 Å². The van der Waals surface area contributed by atoms with E-state index in [1.807, 2.05) is 99.6 Å². The average molecular weight is 574 g/mol. The third-order valence-electron chi connectivity index (χ3n) is 7.37. The topological polar surface area (TPSA) is 106 Å². The fourth-order valence-corrected chi connectivity index (χ4v) is 5.11. The lowest BCUT2D eigenvalue weighted by Crippen LogP contribution is -2.34. The molecule has 0 spiro atoms. The van der Waals surface area contributed by atoms with Crippen molar-refractivity contribution >= 4 is 40.3 Å². The molecule has 2 heterocycles. The van der Waals surface area contributed by atoms with Crippen molar-refractivity contribution in [3.05, 3.63) is 120 Å². The second kappa shape index (κ2) is 11.1. The van der Waals surface area contributed by atoms with Crippen molar-refractivity contribution in [3.63, 3.8) is 0 Å². The first-order valence-corrected chi connectivity index (χ1v) is 14.0. The lowest BCUT2D eigenvalue weighted by molar-refractivity contribution is 0.0774. The number of anilines is 2. The summed E-state index contributed by atoms with van der Waals surface area (Å²) < 4.78 is 6.86. The number of benzene rings is 4. The number of carbonyl (C=O) groups is 3. The van der Waals surface area contributed by atoms with Gasteiger partial charge in [0.05, 0.1) is 17.1 Å². The van der Waals surface area contributed by atoms with Crippen LogP contribution in [0.2, 0.25) is 0 Å². The van der Waals surface area contributed by atoms with Gasteiger partial charge < -0.3 is 10.1 Å². The standard InChI is InChI=1S/C34H31N5O4/c1-34(2,3)29-20-30(36-32(41)35-27-18-10-14-22-11-7-8-17-26(22)27)39(37-29)25-16-9-15-24(19-25)31(40)38-28(21-43-33(38)42)23-12-5-4-6-13-23/h4-20,28H,21H2,1-3H3,(H2,35,36,41)/t28-/m0/s1. The van der Waals surface area contributed by atoms with Crippen molar-refractivity contribution in [2.75, 3.05) is 17.2 Å². The molecule has 0 unspecified atom stereocenters. The van der Waals surface area contributed by atoms with Gasteiger partial charge in [-0.3, -0.25) is 10.1 Å². The maximum Gasteiger partial charge on any atom is 0.417 e. The molecule has 0 aliphatic carbocycles. The Morgan fingerprint density at radius 1 is 0.860 bits per heavy atom. The highest BCUT2D eigenvalue weighted by molar-refractivity contribution is 6.06. The van der Waals surface area contributed by atoms with Crippen molar-refractivity contribution in [3.8, 4) is 5.69 Å². The molecule has 1 atom stereocenters. The lowest BCUT2D eigenvalue weighted by Gasteiger charge is -2.20. The summed E-state index contributed by atoms with van der Waals surface area (Å²) in [6.07, 6.45) is -0.689. The first-order valence-electron chi connectivity index (χ1n) is 14.0. The summed E-state index contributed by atoms with van der Waals surface area (Å²) in [4.78, 5) is 40.7. The van der Waals surface area contributed by atoms with Gasteiger partial charge in [-0.05, 0) is 35.2 Å². The zero-order valence-corrected chi connectivity index (χ0v) is 24.1. The second-order valence-corrected chi connectivity index (χ2v) is 11.4. The summed E-state index contributed by atoms with van der Waals surface area (Å²) in [7, 11) is 0. The Balaban J connectivity index is 1.31. The van der Waals surface area contributed by atoms with Crippen LogP contribution in [0.15, 0.2) is 103 Å². The Kier molecular flexibility index (Phi) is 7.15. The lowest BCUT2D eigenvalue weighted by atomic mass is 9.92. The van der Waals surface area contributed by atoms with E-state index in [2.05, 4.69) is 10.6 Å². The number of nitrogens with zero attached hydrogens (tertiary/aromatic N) is 3. The third kappa shape index (κ3) is 5.57. The second-order valence-electron chi connectivity index (χ2n) is 11.4. The van der Waals surface area contributed by atoms with Crippen molar-refractivity contribution in [1.29, 1.82) is 0 Å². The number of ether oxygens (including phenoxy) is 1. The summed E-state index contributed by atoms with van der Waals surface area (Å²) in [5, 5.41) is 12.6. The Hall–Kier alpha value is -5.44. The largest absolute Gasteiger partial charge is 0.446 e. The fraction of sp³-hybridized carbons (Fsp3) is 0.176. The van der Waals surface area contributed by atoms with Gasteiger partial charge in [-0.1, -0.05) is 93.6 Å². The average Bonchev–Trinajstić information content (AvgIpc) is 3.61. The highest BCUT2D eigenvalue weighted by Crippen LogP contribution is 2.31. The smallest absolute Gasteiger partial charge is 0.417 e. The molecule has 5 aromatic rings. The van der Waals surface area contributed by atoms with Crippen LogP contribution in [0.25, 0.3) is 16.5 Å². The van der Waals surface area contributed by atoms with Gasteiger partial charge in [-0.2, -0.15) is 5.10 Å². The molecule has 1 fully saturated rings. The molecule has 6 rings (SSSR count). The van der Waals surface area contributed by atoms with Crippen molar-refractivity contribution in [2.45, 2.75) is 32.2 Å². The summed E-state index contributed by atoms with van der Waals surface area (Å²) in [5.41, 5.74) is 2.75. The van der Waals surface area contributed by atoms with Crippen molar-refractivity contribution < 1.29 is 19.1 Å². The quantitative estimate of drug-likeness (QED) is 0.230. The number of hydrogen-bond acceptors (Lipinski definition) is 5. The van der Waals surface area contributed by atoms with Crippen LogP contribution in [0.3, 0.4) is 0 Å². The van der Waals surface area contributed by atoms with Crippen molar-refractivity contribution in [2.24, 2.45) is 0 Å². The van der Waals surface area contributed by atoms with Gasteiger partial charge in [0.15, 0.2) is 0 Å². The minimum Gasteiger partial charge on any atom is -0.446 e. The summed E-state index contributed by atoms with van der Waals surface area (Å²) in [6.45, 7) is 6.18. The molecule has 4 amide bonds. The molecule has 1 saturated heterocycles. The van der Waals surface area contributed by atoms with E-state index < -0.39 is 24.1 Å². The van der Waals surface area contributed by atoms with Crippen LogP contribution in [-0.4, -0.2) is 39.3 Å². The number of rotatable bonds is 5. The molecule has 1 aliphatic heterocycles. The van der Waals surface area contributed by atoms with Gasteiger partial charge in [-0.15, -0.1) is 0 Å². The number of nitrogens with one attached hydrogen (secondary N) is 2. The number of aromatic nitrogens is 2. The first-order chi connectivity index (χ1) is 20.7. The normalized spacial score (nSPS) is 14.9. The SMILES string of the molecule is CC(C)(C)c1cc(NC(=O)Nc2cccc3ccccc23)n(-c2cccc(C(=O)N3C(=O)OC[C@H]3c3ccccc3)c2)n1.